The third-order valence-corrected chi connectivity index (χ3v) is 2.57. The summed E-state index contributed by atoms with van der Waals surface area (Å²) >= 11 is 0. The van der Waals surface area contributed by atoms with Crippen molar-refractivity contribution in [1.82, 2.24) is 0 Å². The van der Waals surface area contributed by atoms with Gasteiger partial charge in [-0.1, -0.05) is 55.0 Å². The molecule has 1 N–H and O–H groups in total. The van der Waals surface area contributed by atoms with Crippen molar-refractivity contribution in [3.05, 3.63) is 35.4 Å². The zero-order valence-corrected chi connectivity index (χ0v) is 10.4. The minimum atomic E-state index is -1.03. The Balaban J connectivity index is 2.79. The van der Waals surface area contributed by atoms with E-state index in [0.29, 0.717) is 0 Å². The molecule has 0 radical (unpaired) electrons. The van der Waals surface area contributed by atoms with E-state index >= 15 is 0 Å². The first-order valence-electron chi connectivity index (χ1n) is 5.86. The molecule has 1 rings (SSSR count). The van der Waals surface area contributed by atoms with E-state index in [1.54, 1.807) is 6.92 Å². The van der Waals surface area contributed by atoms with E-state index in [4.69, 9.17) is 0 Å². The fourth-order valence-electron chi connectivity index (χ4n) is 1.52. The average molecular weight is 216 g/mol. The lowest BCUT2D eigenvalue weighted by Gasteiger charge is -2.17. The minimum absolute atomic E-state index is 0.860. The summed E-state index contributed by atoms with van der Waals surface area (Å²) in [5.41, 5.74) is 0.990. The molecule has 0 aliphatic carbocycles. The van der Waals surface area contributed by atoms with Gasteiger partial charge in [0.25, 0.3) is 0 Å². The molecule has 0 amide bonds. The molecule has 1 aromatic carbocycles. The highest BCUT2D eigenvalue weighted by molar-refractivity contribution is 5.33. The van der Waals surface area contributed by atoms with E-state index in [1.165, 1.54) is 0 Å². The maximum atomic E-state index is 10.2. The van der Waals surface area contributed by atoms with Crippen LogP contribution in [0.1, 0.15) is 44.2 Å². The molecule has 0 aliphatic rings. The molecule has 0 saturated carbocycles. The molecule has 0 saturated heterocycles. The third kappa shape index (κ3) is 3.72. The normalized spacial score (nSPS) is 13.8. The van der Waals surface area contributed by atoms with E-state index < -0.39 is 5.60 Å². The van der Waals surface area contributed by atoms with Gasteiger partial charge in [0, 0.05) is 6.42 Å². The molecule has 86 valence electrons. The number of benzene rings is 1. The molecule has 0 spiro atoms. The van der Waals surface area contributed by atoms with Crippen LogP contribution < -0.4 is 0 Å². The van der Waals surface area contributed by atoms with Crippen molar-refractivity contribution in [3.63, 3.8) is 0 Å². The standard InChI is InChI=1S/C15H20O/c1-4-5-6-7-11-15(3,16)14-10-8-9-13(2)12-14/h8-10,12,16H,4-6H2,1-3H3/t15-/m1/s1. The largest absolute Gasteiger partial charge is 0.374 e. The fraction of sp³-hybridized carbons (Fsp3) is 0.467. The molecule has 0 unspecified atom stereocenters. The Morgan fingerprint density at radius 1 is 1.38 bits per heavy atom. The molecule has 0 fully saturated rings. The molecular weight excluding hydrogens is 196 g/mol. The van der Waals surface area contributed by atoms with Crippen molar-refractivity contribution in [2.45, 2.75) is 45.6 Å². The first-order chi connectivity index (χ1) is 7.56. The van der Waals surface area contributed by atoms with Gasteiger partial charge < -0.3 is 5.11 Å². The average Bonchev–Trinajstić information content (AvgIpc) is 2.24. The van der Waals surface area contributed by atoms with Crippen LogP contribution in [0.4, 0.5) is 0 Å². The Kier molecular flexibility index (Phi) is 4.58. The lowest BCUT2D eigenvalue weighted by Crippen LogP contribution is -2.18. The lowest BCUT2D eigenvalue weighted by atomic mass is 9.95. The van der Waals surface area contributed by atoms with Crippen LogP contribution in [0, 0.1) is 18.8 Å². The SMILES string of the molecule is CCCCC#C[C@@](C)(O)c1cccc(C)c1. The summed E-state index contributed by atoms with van der Waals surface area (Å²) in [6.07, 6.45) is 3.09. The van der Waals surface area contributed by atoms with Crippen LogP contribution in [0.5, 0.6) is 0 Å². The van der Waals surface area contributed by atoms with Crippen LogP contribution in [0.2, 0.25) is 0 Å². The Hall–Kier alpha value is -1.26. The van der Waals surface area contributed by atoms with Crippen LogP contribution in [0.3, 0.4) is 0 Å². The lowest BCUT2D eigenvalue weighted by molar-refractivity contribution is 0.122. The van der Waals surface area contributed by atoms with Crippen molar-refractivity contribution >= 4 is 0 Å². The highest BCUT2D eigenvalue weighted by Gasteiger charge is 2.19. The van der Waals surface area contributed by atoms with Crippen molar-refractivity contribution in [2.24, 2.45) is 0 Å². The second-order valence-corrected chi connectivity index (χ2v) is 4.35. The smallest absolute Gasteiger partial charge is 0.148 e. The molecular formula is C15H20O. The summed E-state index contributed by atoms with van der Waals surface area (Å²) in [6, 6.07) is 7.87. The zero-order chi connectivity index (χ0) is 12.0. The quantitative estimate of drug-likeness (QED) is 0.606. The van der Waals surface area contributed by atoms with Gasteiger partial charge >= 0.3 is 0 Å². The second kappa shape index (κ2) is 5.72. The summed E-state index contributed by atoms with van der Waals surface area (Å²) < 4.78 is 0. The molecule has 1 atom stereocenters. The third-order valence-electron chi connectivity index (χ3n) is 2.57. The van der Waals surface area contributed by atoms with E-state index in [1.807, 2.05) is 31.2 Å². The number of hydrogen-bond donors (Lipinski definition) is 1. The molecule has 1 heteroatoms. The first kappa shape index (κ1) is 12.8. The Morgan fingerprint density at radius 3 is 2.75 bits per heavy atom. The molecule has 1 nitrogen and oxygen atoms in total. The van der Waals surface area contributed by atoms with Crippen LogP contribution in [0.25, 0.3) is 0 Å². The Morgan fingerprint density at radius 2 is 2.12 bits per heavy atom. The van der Waals surface area contributed by atoms with Gasteiger partial charge in [-0.05, 0) is 25.8 Å². The van der Waals surface area contributed by atoms with E-state index in [-0.39, 0.29) is 0 Å². The van der Waals surface area contributed by atoms with Crippen LogP contribution in [-0.4, -0.2) is 5.11 Å². The van der Waals surface area contributed by atoms with E-state index in [9.17, 15) is 5.11 Å². The zero-order valence-electron chi connectivity index (χ0n) is 10.4. The van der Waals surface area contributed by atoms with Gasteiger partial charge in [0.2, 0.25) is 0 Å². The predicted molar refractivity (Wildman–Crippen MR) is 68.1 cm³/mol. The minimum Gasteiger partial charge on any atom is -0.374 e. The summed E-state index contributed by atoms with van der Waals surface area (Å²) in [5, 5.41) is 10.2. The van der Waals surface area contributed by atoms with E-state index in [0.717, 1.165) is 30.4 Å². The van der Waals surface area contributed by atoms with Gasteiger partial charge in [-0.2, -0.15) is 0 Å². The summed E-state index contributed by atoms with van der Waals surface area (Å²) in [4.78, 5) is 0. The van der Waals surface area contributed by atoms with Crippen molar-refractivity contribution in [3.8, 4) is 11.8 Å². The highest BCUT2D eigenvalue weighted by atomic mass is 16.3. The monoisotopic (exact) mass is 216 g/mol. The molecule has 0 bridgehead atoms. The number of hydrogen-bond acceptors (Lipinski definition) is 1. The van der Waals surface area contributed by atoms with Crippen molar-refractivity contribution < 1.29 is 5.11 Å². The van der Waals surface area contributed by atoms with Gasteiger partial charge in [0.15, 0.2) is 0 Å². The van der Waals surface area contributed by atoms with Crippen molar-refractivity contribution in [2.75, 3.05) is 0 Å². The van der Waals surface area contributed by atoms with Gasteiger partial charge in [0.05, 0.1) is 0 Å². The summed E-state index contributed by atoms with van der Waals surface area (Å²) in [7, 11) is 0. The number of aryl methyl sites for hydroxylation is 1. The first-order valence-corrected chi connectivity index (χ1v) is 5.86. The van der Waals surface area contributed by atoms with Gasteiger partial charge in [0.1, 0.15) is 5.60 Å². The van der Waals surface area contributed by atoms with Gasteiger partial charge in [-0.25, -0.2) is 0 Å². The Labute approximate surface area is 98.5 Å². The fourth-order valence-corrected chi connectivity index (χ4v) is 1.52. The highest BCUT2D eigenvalue weighted by Crippen LogP contribution is 2.20. The maximum absolute atomic E-state index is 10.2. The molecule has 0 aliphatic heterocycles. The van der Waals surface area contributed by atoms with Gasteiger partial charge in [-0.3, -0.25) is 0 Å². The molecule has 0 aromatic heterocycles. The molecule has 16 heavy (non-hydrogen) atoms. The van der Waals surface area contributed by atoms with Crippen molar-refractivity contribution in [1.29, 1.82) is 0 Å². The second-order valence-electron chi connectivity index (χ2n) is 4.35. The topological polar surface area (TPSA) is 20.2 Å². The molecule has 1 aromatic rings. The van der Waals surface area contributed by atoms with Crippen LogP contribution >= 0.6 is 0 Å². The van der Waals surface area contributed by atoms with Gasteiger partial charge in [-0.15, -0.1) is 0 Å². The number of unbranched alkanes of at least 4 members (excludes halogenated alkanes) is 2. The predicted octanol–water partition coefficient (Wildman–Crippen LogP) is 3.40. The maximum Gasteiger partial charge on any atom is 0.148 e. The summed E-state index contributed by atoms with van der Waals surface area (Å²) in [5.74, 6) is 5.99. The van der Waals surface area contributed by atoms with E-state index in [2.05, 4.69) is 18.8 Å². The number of aliphatic hydroxyl groups is 1. The van der Waals surface area contributed by atoms with Crippen LogP contribution in [0.15, 0.2) is 24.3 Å². The summed E-state index contributed by atoms with van der Waals surface area (Å²) in [6.45, 7) is 5.91. The Bertz CT molecular complexity index is 393. The van der Waals surface area contributed by atoms with Crippen LogP contribution in [-0.2, 0) is 5.60 Å². The molecule has 0 heterocycles. The number of rotatable bonds is 3.